The number of Topliss-reactive ketones (excluding diaryl/α,β-unsaturated/α-hetero) is 1. The first-order valence-corrected chi connectivity index (χ1v) is 23.9. The van der Waals surface area contributed by atoms with Crippen LogP contribution in [0.3, 0.4) is 0 Å². The van der Waals surface area contributed by atoms with Gasteiger partial charge in [-0.05, 0) is 12.8 Å². The van der Waals surface area contributed by atoms with E-state index in [0.717, 1.165) is 18.6 Å². The van der Waals surface area contributed by atoms with Gasteiger partial charge in [0.1, 0.15) is 5.71 Å². The molecule has 0 heterocycles. The fraction of sp³-hybridized carbons (Fsp3) is 0.833. The first kappa shape index (κ1) is 24.5. The summed E-state index contributed by atoms with van der Waals surface area (Å²) in [6.45, 7) is 27.9. The summed E-state index contributed by atoms with van der Waals surface area (Å²) in [4.78, 5) is 12.9. The second-order valence-corrected chi connectivity index (χ2v) is 31.5. The van der Waals surface area contributed by atoms with E-state index in [1.54, 1.807) is 0 Å². The van der Waals surface area contributed by atoms with E-state index in [2.05, 4.69) is 87.2 Å². The SMILES string of the molecule is C[Si](C)(C)N(N=C1CCCC(=O)C1=NN([Si](C)(C)C)[Si](C)(C)C)[Si](C)(C)C. The second kappa shape index (κ2) is 8.08. The van der Waals surface area contributed by atoms with Crippen molar-refractivity contribution in [3.05, 3.63) is 0 Å². The maximum atomic E-state index is 12.9. The monoisotopic (exact) mass is 442 g/mol. The van der Waals surface area contributed by atoms with Crippen molar-refractivity contribution in [3.63, 3.8) is 0 Å². The van der Waals surface area contributed by atoms with Crippen molar-refractivity contribution in [1.82, 2.24) is 8.68 Å². The van der Waals surface area contributed by atoms with E-state index in [1.807, 2.05) is 0 Å². The zero-order valence-corrected chi connectivity index (χ0v) is 23.8. The van der Waals surface area contributed by atoms with Crippen molar-refractivity contribution in [2.45, 2.75) is 97.8 Å². The molecule has 1 aliphatic rings. The molecule has 0 aromatic heterocycles. The molecular weight excluding hydrogens is 401 g/mol. The number of hydrazone groups is 2. The van der Waals surface area contributed by atoms with E-state index in [4.69, 9.17) is 10.2 Å². The smallest absolute Gasteiger partial charge is 0.184 e. The Morgan fingerprint density at radius 2 is 1.00 bits per heavy atom. The van der Waals surface area contributed by atoms with Crippen molar-refractivity contribution in [2.75, 3.05) is 0 Å². The minimum absolute atomic E-state index is 0.174. The standard InChI is InChI=1S/C18H42N4OSi4/c1-24(2,3)21(25(4,5)6)19-16-14-13-15-17(23)18(16)20-22(26(7,8)9)27(10,11)12/h13-15H2,1-12H3. The van der Waals surface area contributed by atoms with Gasteiger partial charge in [0, 0.05) is 6.42 Å². The average Bonchev–Trinajstić information content (AvgIpc) is 2.38. The van der Waals surface area contributed by atoms with Gasteiger partial charge in [0.15, 0.2) is 38.7 Å². The fourth-order valence-electron chi connectivity index (χ4n) is 3.86. The third-order valence-corrected chi connectivity index (χ3v) is 17.9. The molecule has 0 bridgehead atoms. The van der Waals surface area contributed by atoms with Gasteiger partial charge in [-0.2, -0.15) is 10.2 Å². The van der Waals surface area contributed by atoms with Crippen molar-refractivity contribution in [2.24, 2.45) is 10.2 Å². The Morgan fingerprint density at radius 1 is 0.630 bits per heavy atom. The molecular formula is C18H42N4OSi4. The number of ketones is 1. The third kappa shape index (κ3) is 6.79. The van der Waals surface area contributed by atoms with Crippen LogP contribution in [-0.4, -0.2) is 58.8 Å². The molecule has 0 N–H and O–H groups in total. The van der Waals surface area contributed by atoms with Gasteiger partial charge in [0.2, 0.25) is 0 Å². The van der Waals surface area contributed by atoms with Crippen LogP contribution in [0.4, 0.5) is 0 Å². The molecule has 156 valence electrons. The number of rotatable bonds is 6. The van der Waals surface area contributed by atoms with Gasteiger partial charge in [-0.15, -0.1) is 0 Å². The number of carbonyl (C=O) groups is 1. The molecule has 0 amide bonds. The van der Waals surface area contributed by atoms with Gasteiger partial charge >= 0.3 is 0 Å². The molecule has 5 nitrogen and oxygen atoms in total. The number of nitrogens with zero attached hydrogens (tertiary/aromatic N) is 4. The molecule has 0 aliphatic heterocycles. The first-order valence-electron chi connectivity index (χ1n) is 10.2. The van der Waals surface area contributed by atoms with E-state index in [1.165, 1.54) is 0 Å². The minimum Gasteiger partial charge on any atom is -0.350 e. The minimum atomic E-state index is -1.67. The van der Waals surface area contributed by atoms with Crippen LogP contribution in [0.25, 0.3) is 0 Å². The Balaban J connectivity index is 3.54. The van der Waals surface area contributed by atoms with Crippen molar-refractivity contribution in [1.29, 1.82) is 0 Å². The molecule has 0 aromatic rings. The van der Waals surface area contributed by atoms with Crippen LogP contribution < -0.4 is 0 Å². The maximum absolute atomic E-state index is 12.9. The molecule has 0 unspecified atom stereocenters. The van der Waals surface area contributed by atoms with Crippen LogP contribution in [0.1, 0.15) is 19.3 Å². The first-order chi connectivity index (χ1) is 11.8. The number of hydrogen-bond acceptors (Lipinski definition) is 5. The number of carbonyl (C=O) groups excluding carboxylic acids is 1. The fourth-order valence-corrected chi connectivity index (χ4v) is 21.6. The summed E-state index contributed by atoms with van der Waals surface area (Å²) in [5.74, 6) is 0.174. The Kier molecular flexibility index (Phi) is 7.33. The highest BCUT2D eigenvalue weighted by Crippen LogP contribution is 2.25. The van der Waals surface area contributed by atoms with E-state index in [9.17, 15) is 4.79 Å². The summed E-state index contributed by atoms with van der Waals surface area (Å²) in [5, 5.41) is 10.2. The molecule has 0 aromatic carbocycles. The van der Waals surface area contributed by atoms with Gasteiger partial charge in [-0.25, -0.2) is 0 Å². The van der Waals surface area contributed by atoms with Crippen LogP contribution in [0.2, 0.25) is 78.6 Å². The summed E-state index contributed by atoms with van der Waals surface area (Å²) in [6, 6.07) is 0. The van der Waals surface area contributed by atoms with Crippen LogP contribution in [0.15, 0.2) is 10.2 Å². The lowest BCUT2D eigenvalue weighted by atomic mass is 9.95. The highest BCUT2D eigenvalue weighted by Gasteiger charge is 2.38. The second-order valence-electron chi connectivity index (χ2n) is 11.6. The lowest BCUT2D eigenvalue weighted by molar-refractivity contribution is -0.113. The molecule has 0 radical (unpaired) electrons. The zero-order valence-electron chi connectivity index (χ0n) is 19.8. The van der Waals surface area contributed by atoms with Crippen LogP contribution in [-0.2, 0) is 4.79 Å². The quantitative estimate of drug-likeness (QED) is 0.409. The van der Waals surface area contributed by atoms with Crippen molar-refractivity contribution >= 4 is 50.1 Å². The molecule has 1 aliphatic carbocycles. The summed E-state index contributed by atoms with van der Waals surface area (Å²) in [7, 11) is -6.60. The highest BCUT2D eigenvalue weighted by atomic mass is 28.4. The van der Waals surface area contributed by atoms with Gasteiger partial charge in [-0.1, -0.05) is 78.6 Å². The Morgan fingerprint density at radius 3 is 1.37 bits per heavy atom. The van der Waals surface area contributed by atoms with Crippen LogP contribution >= 0.6 is 0 Å². The summed E-state index contributed by atoms with van der Waals surface area (Å²) in [6.07, 6.45) is 2.35. The van der Waals surface area contributed by atoms with Crippen molar-refractivity contribution in [3.8, 4) is 0 Å². The largest absolute Gasteiger partial charge is 0.350 e. The third-order valence-electron chi connectivity index (χ3n) is 4.32. The number of hydrogen-bond donors (Lipinski definition) is 0. The predicted octanol–water partition coefficient (Wildman–Crippen LogP) is 5.40. The normalized spacial score (nSPS) is 20.4. The molecule has 0 spiro atoms. The molecule has 1 fully saturated rings. The van der Waals surface area contributed by atoms with Crippen molar-refractivity contribution < 1.29 is 4.79 Å². The summed E-state index contributed by atoms with van der Waals surface area (Å²) >= 11 is 0. The van der Waals surface area contributed by atoms with E-state index in [0.29, 0.717) is 12.1 Å². The average molecular weight is 443 g/mol. The Hall–Kier alpha value is -0.522. The van der Waals surface area contributed by atoms with E-state index < -0.39 is 32.9 Å². The topological polar surface area (TPSA) is 48.3 Å². The molecule has 0 saturated heterocycles. The van der Waals surface area contributed by atoms with Gasteiger partial charge in [0.05, 0.1) is 5.71 Å². The Bertz CT molecular complexity index is 591. The zero-order chi connectivity index (χ0) is 21.4. The Labute approximate surface area is 171 Å². The van der Waals surface area contributed by atoms with Gasteiger partial charge < -0.3 is 8.68 Å². The van der Waals surface area contributed by atoms with E-state index in [-0.39, 0.29) is 5.78 Å². The predicted molar refractivity (Wildman–Crippen MR) is 131 cm³/mol. The molecule has 0 atom stereocenters. The highest BCUT2D eigenvalue weighted by molar-refractivity contribution is 6.90. The van der Waals surface area contributed by atoms with Gasteiger partial charge in [-0.3, -0.25) is 4.79 Å². The van der Waals surface area contributed by atoms with Crippen LogP contribution in [0, 0.1) is 0 Å². The van der Waals surface area contributed by atoms with Crippen LogP contribution in [0.5, 0.6) is 0 Å². The summed E-state index contributed by atoms with van der Waals surface area (Å²) < 4.78 is 4.76. The van der Waals surface area contributed by atoms with E-state index >= 15 is 0 Å². The molecule has 1 rings (SSSR count). The molecule has 9 heteroatoms. The molecule has 27 heavy (non-hydrogen) atoms. The summed E-state index contributed by atoms with van der Waals surface area (Å²) in [5.41, 5.74) is 1.57. The molecule has 1 saturated carbocycles. The van der Waals surface area contributed by atoms with Gasteiger partial charge in [0.25, 0.3) is 0 Å². The lowest BCUT2D eigenvalue weighted by Gasteiger charge is -2.43. The maximum Gasteiger partial charge on any atom is 0.184 e. The lowest BCUT2D eigenvalue weighted by Crippen LogP contribution is -2.58.